The van der Waals surface area contributed by atoms with Crippen LogP contribution in [0, 0.1) is 11.8 Å². The summed E-state index contributed by atoms with van der Waals surface area (Å²) in [5, 5.41) is 44.1. The van der Waals surface area contributed by atoms with Gasteiger partial charge in [-0.3, -0.25) is 19.3 Å². The average molecular weight is 502 g/mol. The Morgan fingerprint density at radius 3 is 2.61 bits per heavy atom. The van der Waals surface area contributed by atoms with Gasteiger partial charge in [0.05, 0.1) is 17.7 Å². The summed E-state index contributed by atoms with van der Waals surface area (Å²) < 4.78 is 5.64. The number of ether oxygens (including phenoxy) is 1. The molecule has 1 aliphatic heterocycles. The number of amides is 1. The molecule has 7 N–H and O–H groups in total. The fourth-order valence-electron chi connectivity index (χ4n) is 6.37. The number of ketones is 1. The van der Waals surface area contributed by atoms with Crippen LogP contribution >= 0.6 is 0 Å². The topological polar surface area (TPSA) is 178 Å². The van der Waals surface area contributed by atoms with Gasteiger partial charge in [0.1, 0.15) is 22.8 Å². The van der Waals surface area contributed by atoms with E-state index in [1.165, 1.54) is 6.07 Å². The van der Waals surface area contributed by atoms with Crippen LogP contribution in [0.25, 0.3) is 5.76 Å². The monoisotopic (exact) mass is 501 g/mol. The highest BCUT2D eigenvalue weighted by Crippen LogP contribution is 2.67. The van der Waals surface area contributed by atoms with Crippen LogP contribution in [-0.4, -0.2) is 74.6 Å². The number of nitrogens with two attached hydrogens (primary N) is 1. The largest absolute Gasteiger partial charge is 0.510 e. The lowest BCUT2D eigenvalue weighted by Crippen LogP contribution is -2.60. The fourth-order valence-corrected chi connectivity index (χ4v) is 6.37. The summed E-state index contributed by atoms with van der Waals surface area (Å²) in [6, 6.07) is 2.35. The van der Waals surface area contributed by atoms with Gasteiger partial charge in [-0.25, -0.2) is 0 Å². The summed E-state index contributed by atoms with van der Waals surface area (Å²) in [4.78, 5) is 33.3. The number of nitrogens with zero attached hydrogens (tertiary/aromatic N) is 1. The van der Waals surface area contributed by atoms with Crippen molar-refractivity contribution in [1.82, 2.24) is 10.4 Å². The zero-order chi connectivity index (χ0) is 26.3. The van der Waals surface area contributed by atoms with Gasteiger partial charge in [0, 0.05) is 18.0 Å². The lowest BCUT2D eigenvalue weighted by atomic mass is 9.58. The zero-order valence-corrected chi connectivity index (χ0v) is 20.5. The van der Waals surface area contributed by atoms with Crippen LogP contribution < -0.4 is 11.2 Å². The van der Waals surface area contributed by atoms with Crippen LogP contribution in [0.4, 0.5) is 0 Å². The van der Waals surface area contributed by atoms with Crippen LogP contribution in [0.2, 0.25) is 0 Å². The minimum atomic E-state index is -2.39. The molecule has 11 heteroatoms. The van der Waals surface area contributed by atoms with Gasteiger partial charge in [0.2, 0.25) is 11.6 Å². The van der Waals surface area contributed by atoms with E-state index < -0.39 is 52.3 Å². The van der Waals surface area contributed by atoms with Crippen molar-refractivity contribution in [3.05, 3.63) is 45.7 Å². The molecule has 1 heterocycles. The van der Waals surface area contributed by atoms with Crippen LogP contribution in [0.15, 0.2) is 29.0 Å². The van der Waals surface area contributed by atoms with Crippen molar-refractivity contribution < 1.29 is 39.6 Å². The Bertz CT molecular complexity index is 1240. The first kappa shape index (κ1) is 24.7. The Hall–Kier alpha value is -2.96. The molecule has 0 aromatic heterocycles. The number of Topliss-reactive ketones (excluding diaryl/α,β-unsaturated/α-hetero) is 1. The molecule has 1 aromatic rings. The Morgan fingerprint density at radius 2 is 2.00 bits per heavy atom. The highest BCUT2D eigenvalue weighted by atomic mass is 16.8. The third-order valence-corrected chi connectivity index (χ3v) is 7.79. The second kappa shape index (κ2) is 8.02. The molecule has 1 amide bonds. The SMILES string of the molecule is CC(C)ONCc1ccc(O)c2c1C[C@H]1C[C@H]3[C@H](N(C)C)C(O)=C(C(N)=O)C4(O)O[C@]34C(=O)C1=C2O. The quantitative estimate of drug-likeness (QED) is 0.238. The van der Waals surface area contributed by atoms with Crippen LogP contribution in [0.5, 0.6) is 5.75 Å². The molecule has 4 aliphatic rings. The second-order valence-electron chi connectivity index (χ2n) is 10.4. The predicted molar refractivity (Wildman–Crippen MR) is 126 cm³/mol. The number of primary amides is 1. The number of benzene rings is 1. The highest BCUT2D eigenvalue weighted by Gasteiger charge is 2.85. The number of hydrogen-bond donors (Lipinski definition) is 6. The standard InChI is InChI=1S/C25H31N3O8/c1-10(2)35-27-9-11-5-6-15(29)17-13(11)7-12-8-14-19(28(3)4)21(31)18(23(26)33)25(34)24(14,36-25)22(32)16(12)20(17)30/h5-6,10,12,14,19,27,29-31,34H,7-9H2,1-4H3,(H2,26,33)/t12-,14-,19-,24-,25?/m0/s1. The Kier molecular flexibility index (Phi) is 5.51. The van der Waals surface area contributed by atoms with E-state index in [1.807, 2.05) is 13.8 Å². The first-order valence-electron chi connectivity index (χ1n) is 11.9. The molecule has 36 heavy (non-hydrogen) atoms. The first-order chi connectivity index (χ1) is 16.9. The van der Waals surface area contributed by atoms with E-state index >= 15 is 0 Å². The molecule has 3 aliphatic carbocycles. The summed E-state index contributed by atoms with van der Waals surface area (Å²) in [7, 11) is 3.36. The predicted octanol–water partition coefficient (Wildman–Crippen LogP) is 0.551. The van der Waals surface area contributed by atoms with Crippen molar-refractivity contribution >= 4 is 17.4 Å². The lowest BCUT2D eigenvalue weighted by molar-refractivity contribution is -0.127. The third-order valence-electron chi connectivity index (χ3n) is 7.79. The van der Waals surface area contributed by atoms with E-state index in [0.29, 0.717) is 18.5 Å². The summed E-state index contributed by atoms with van der Waals surface area (Å²) in [6.07, 6.45) is 0.533. The van der Waals surface area contributed by atoms with Gasteiger partial charge in [-0.2, -0.15) is 5.48 Å². The molecule has 1 saturated heterocycles. The molecule has 1 spiro atoms. The number of aromatic hydroxyl groups is 1. The molecule has 5 rings (SSSR count). The van der Waals surface area contributed by atoms with Gasteiger partial charge in [0.25, 0.3) is 5.91 Å². The Morgan fingerprint density at radius 1 is 1.31 bits per heavy atom. The average Bonchev–Trinajstić information content (AvgIpc) is 3.40. The molecule has 2 fully saturated rings. The van der Waals surface area contributed by atoms with Crippen molar-refractivity contribution in [2.45, 2.75) is 56.8 Å². The van der Waals surface area contributed by atoms with Gasteiger partial charge in [-0.1, -0.05) is 6.07 Å². The first-order valence-corrected chi connectivity index (χ1v) is 11.9. The maximum absolute atomic E-state index is 14.0. The van der Waals surface area contributed by atoms with E-state index in [1.54, 1.807) is 25.1 Å². The number of aliphatic hydroxyl groups excluding tert-OH is 2. The lowest BCUT2D eigenvalue weighted by Gasteiger charge is -2.46. The number of hydroxylamine groups is 1. The van der Waals surface area contributed by atoms with Gasteiger partial charge in [0.15, 0.2) is 5.60 Å². The molecule has 11 nitrogen and oxygen atoms in total. The number of phenols is 1. The number of hydrogen-bond acceptors (Lipinski definition) is 10. The Balaban J connectivity index is 1.63. The number of fused-ring (bicyclic) bond motifs is 2. The molecule has 5 atom stereocenters. The van der Waals surface area contributed by atoms with E-state index in [2.05, 4.69) is 5.48 Å². The van der Waals surface area contributed by atoms with Gasteiger partial charge >= 0.3 is 0 Å². The smallest absolute Gasteiger partial charge is 0.253 e. The molecule has 1 unspecified atom stereocenters. The van der Waals surface area contributed by atoms with E-state index in [9.17, 15) is 30.0 Å². The molecular weight excluding hydrogens is 470 g/mol. The normalized spacial score (nSPS) is 32.9. The van der Waals surface area contributed by atoms with Crippen molar-refractivity contribution in [2.24, 2.45) is 17.6 Å². The third kappa shape index (κ3) is 3.10. The summed E-state index contributed by atoms with van der Waals surface area (Å²) in [5.41, 5.74) is 7.54. The zero-order valence-electron chi connectivity index (χ0n) is 20.5. The number of carbonyl (C=O) groups is 2. The van der Waals surface area contributed by atoms with Gasteiger partial charge in [-0.05, 0) is 63.9 Å². The van der Waals surface area contributed by atoms with Gasteiger partial charge in [-0.15, -0.1) is 0 Å². The number of phenolic OH excluding ortho intramolecular Hbond substituents is 1. The maximum Gasteiger partial charge on any atom is 0.253 e. The number of carbonyl (C=O) groups excluding carboxylic acids is 2. The van der Waals surface area contributed by atoms with Crippen LogP contribution in [-0.2, 0) is 32.1 Å². The highest BCUT2D eigenvalue weighted by molar-refractivity contribution is 6.14. The number of rotatable bonds is 6. The van der Waals surface area contributed by atoms with Crippen molar-refractivity contribution in [1.29, 1.82) is 0 Å². The number of aliphatic hydroxyl groups is 3. The number of epoxide rings is 1. The van der Waals surface area contributed by atoms with Crippen molar-refractivity contribution in [3.8, 4) is 5.75 Å². The molecule has 0 radical (unpaired) electrons. The number of likely N-dealkylation sites (N-methyl/N-ethyl adjacent to an activating group) is 1. The molecule has 0 bridgehead atoms. The molecule has 194 valence electrons. The van der Waals surface area contributed by atoms with E-state index in [0.717, 1.165) is 5.56 Å². The van der Waals surface area contributed by atoms with Crippen molar-refractivity contribution in [3.63, 3.8) is 0 Å². The van der Waals surface area contributed by atoms with Gasteiger partial charge < -0.3 is 30.9 Å². The summed E-state index contributed by atoms with van der Waals surface area (Å²) >= 11 is 0. The van der Waals surface area contributed by atoms with Crippen molar-refractivity contribution in [2.75, 3.05) is 14.1 Å². The van der Waals surface area contributed by atoms with E-state index in [4.69, 9.17) is 15.3 Å². The van der Waals surface area contributed by atoms with Crippen LogP contribution in [0.3, 0.4) is 0 Å². The molecule has 1 aromatic carbocycles. The van der Waals surface area contributed by atoms with Crippen LogP contribution in [0.1, 0.15) is 37.0 Å². The number of nitrogens with one attached hydrogen (secondary N) is 1. The summed E-state index contributed by atoms with van der Waals surface area (Å²) in [6.45, 7) is 4.07. The van der Waals surface area contributed by atoms with E-state index in [-0.39, 0.29) is 35.2 Å². The maximum atomic E-state index is 14.0. The summed E-state index contributed by atoms with van der Waals surface area (Å²) in [5.74, 6) is -6.38. The fraction of sp³-hybridized carbons (Fsp3) is 0.520. The minimum absolute atomic E-state index is 0.0243. The molecule has 1 saturated carbocycles. The molecular formula is C25H31N3O8. The Labute approximate surface area is 207 Å². The second-order valence-corrected chi connectivity index (χ2v) is 10.4. The minimum Gasteiger partial charge on any atom is -0.510 e.